The summed E-state index contributed by atoms with van der Waals surface area (Å²) in [4.78, 5) is 11.6. The highest BCUT2D eigenvalue weighted by Gasteiger charge is 2.23. The second-order valence-corrected chi connectivity index (χ2v) is 5.49. The third kappa shape index (κ3) is 1.78. The molecule has 2 aliphatic rings. The van der Waals surface area contributed by atoms with E-state index in [0.29, 0.717) is 12.6 Å². The van der Waals surface area contributed by atoms with E-state index in [9.17, 15) is 4.79 Å². The highest BCUT2D eigenvalue weighted by atomic mass is 16.1. The molecule has 0 aromatic heterocycles. The van der Waals surface area contributed by atoms with E-state index in [-0.39, 0.29) is 5.91 Å². The molecule has 0 saturated carbocycles. The highest BCUT2D eigenvalue weighted by molar-refractivity contribution is 5.98. The van der Waals surface area contributed by atoms with Gasteiger partial charge in [-0.05, 0) is 41.7 Å². The molecule has 0 aliphatic carbocycles. The quantitative estimate of drug-likeness (QED) is 0.831. The number of carbonyl (C=O) groups excluding carboxylic acids is 1. The van der Waals surface area contributed by atoms with Crippen LogP contribution in [-0.4, -0.2) is 5.91 Å². The van der Waals surface area contributed by atoms with Gasteiger partial charge in [0.05, 0.1) is 6.04 Å². The van der Waals surface area contributed by atoms with Crippen LogP contribution >= 0.6 is 0 Å². The van der Waals surface area contributed by atoms with Crippen LogP contribution in [-0.2, 0) is 13.0 Å². The van der Waals surface area contributed by atoms with Crippen LogP contribution in [0.4, 0.5) is 5.69 Å². The van der Waals surface area contributed by atoms with Crippen molar-refractivity contribution in [1.82, 2.24) is 5.32 Å². The molecule has 2 aliphatic heterocycles. The minimum atomic E-state index is 0.0495. The molecular formula is C17H16N2O. The van der Waals surface area contributed by atoms with Gasteiger partial charge < -0.3 is 10.6 Å². The Morgan fingerprint density at radius 1 is 1.05 bits per heavy atom. The smallest absolute Gasteiger partial charge is 0.251 e. The van der Waals surface area contributed by atoms with E-state index in [2.05, 4.69) is 47.0 Å². The Labute approximate surface area is 118 Å². The van der Waals surface area contributed by atoms with Gasteiger partial charge in [-0.2, -0.15) is 0 Å². The van der Waals surface area contributed by atoms with Crippen molar-refractivity contribution >= 4 is 11.6 Å². The van der Waals surface area contributed by atoms with Crippen molar-refractivity contribution in [3.63, 3.8) is 0 Å². The van der Waals surface area contributed by atoms with Gasteiger partial charge in [0.15, 0.2) is 0 Å². The molecule has 1 unspecified atom stereocenters. The predicted octanol–water partition coefficient (Wildman–Crippen LogP) is 3.03. The molecule has 0 radical (unpaired) electrons. The Morgan fingerprint density at radius 2 is 1.95 bits per heavy atom. The summed E-state index contributed by atoms with van der Waals surface area (Å²) < 4.78 is 0. The summed E-state index contributed by atoms with van der Waals surface area (Å²) in [5.41, 5.74) is 5.84. The standard InChI is InChI=1S/C17H16N2O/c20-17-14-7-5-12(9-13(14)10-18-17)16-8-6-11-3-1-2-4-15(11)19-16/h1-5,7,9,16,19H,6,8,10H2,(H,18,20). The summed E-state index contributed by atoms with van der Waals surface area (Å²) in [6.07, 6.45) is 2.19. The SMILES string of the molecule is O=C1NCc2cc(C3CCc4ccccc4N3)ccc21. The van der Waals surface area contributed by atoms with Gasteiger partial charge in [-0.3, -0.25) is 4.79 Å². The van der Waals surface area contributed by atoms with Crippen LogP contribution in [0.15, 0.2) is 42.5 Å². The lowest BCUT2D eigenvalue weighted by Crippen LogP contribution is -2.18. The van der Waals surface area contributed by atoms with Crippen LogP contribution in [0.1, 0.15) is 39.5 Å². The van der Waals surface area contributed by atoms with Crippen LogP contribution in [0.2, 0.25) is 0 Å². The number of hydrogen-bond acceptors (Lipinski definition) is 2. The molecular weight excluding hydrogens is 248 g/mol. The van der Waals surface area contributed by atoms with E-state index in [1.165, 1.54) is 16.8 Å². The number of amides is 1. The minimum Gasteiger partial charge on any atom is -0.378 e. The third-order valence-corrected chi connectivity index (χ3v) is 4.27. The number of anilines is 1. The minimum absolute atomic E-state index is 0.0495. The van der Waals surface area contributed by atoms with Crippen LogP contribution in [0.3, 0.4) is 0 Å². The maximum Gasteiger partial charge on any atom is 0.251 e. The fourth-order valence-corrected chi connectivity index (χ4v) is 3.16. The summed E-state index contributed by atoms with van der Waals surface area (Å²) in [6.45, 7) is 0.658. The van der Waals surface area contributed by atoms with Crippen LogP contribution < -0.4 is 10.6 Å². The molecule has 3 heteroatoms. The molecule has 2 N–H and O–H groups in total. The average molecular weight is 264 g/mol. The van der Waals surface area contributed by atoms with Crippen molar-refractivity contribution in [3.8, 4) is 0 Å². The molecule has 1 amide bonds. The van der Waals surface area contributed by atoms with Crippen molar-refractivity contribution in [1.29, 1.82) is 0 Å². The number of para-hydroxylation sites is 1. The van der Waals surface area contributed by atoms with Crippen molar-refractivity contribution in [2.24, 2.45) is 0 Å². The van der Waals surface area contributed by atoms with E-state index in [0.717, 1.165) is 24.0 Å². The third-order valence-electron chi connectivity index (χ3n) is 4.27. The van der Waals surface area contributed by atoms with Gasteiger partial charge in [-0.25, -0.2) is 0 Å². The Balaban J connectivity index is 1.65. The summed E-state index contributed by atoms with van der Waals surface area (Å²) in [6, 6.07) is 15.0. The number of hydrogen-bond donors (Lipinski definition) is 2. The van der Waals surface area contributed by atoms with Gasteiger partial charge in [-0.1, -0.05) is 30.3 Å². The fraction of sp³-hybridized carbons (Fsp3) is 0.235. The highest BCUT2D eigenvalue weighted by Crippen LogP contribution is 2.33. The van der Waals surface area contributed by atoms with Gasteiger partial charge in [0.2, 0.25) is 0 Å². The average Bonchev–Trinajstić information content (AvgIpc) is 2.88. The first-order valence-corrected chi connectivity index (χ1v) is 7.07. The predicted molar refractivity (Wildman–Crippen MR) is 78.7 cm³/mol. The molecule has 100 valence electrons. The maximum atomic E-state index is 11.6. The second-order valence-electron chi connectivity index (χ2n) is 5.49. The summed E-state index contributed by atoms with van der Waals surface area (Å²) >= 11 is 0. The largest absolute Gasteiger partial charge is 0.378 e. The van der Waals surface area contributed by atoms with Crippen molar-refractivity contribution in [2.75, 3.05) is 5.32 Å². The number of rotatable bonds is 1. The summed E-state index contributed by atoms with van der Waals surface area (Å²) in [5.74, 6) is 0.0495. The van der Waals surface area contributed by atoms with Gasteiger partial charge >= 0.3 is 0 Å². The lowest BCUT2D eigenvalue weighted by molar-refractivity contribution is 0.0966. The van der Waals surface area contributed by atoms with E-state index in [1.54, 1.807) is 0 Å². The monoisotopic (exact) mass is 264 g/mol. The Hall–Kier alpha value is -2.29. The molecule has 0 fully saturated rings. The van der Waals surface area contributed by atoms with Gasteiger partial charge in [0.25, 0.3) is 5.91 Å². The molecule has 0 spiro atoms. The Morgan fingerprint density at radius 3 is 2.90 bits per heavy atom. The van der Waals surface area contributed by atoms with Crippen LogP contribution in [0, 0.1) is 0 Å². The van der Waals surface area contributed by atoms with E-state index in [4.69, 9.17) is 0 Å². The van der Waals surface area contributed by atoms with Crippen LogP contribution in [0.5, 0.6) is 0 Å². The molecule has 0 saturated heterocycles. The molecule has 4 rings (SSSR count). The topological polar surface area (TPSA) is 41.1 Å². The van der Waals surface area contributed by atoms with E-state index >= 15 is 0 Å². The molecule has 2 aromatic rings. The van der Waals surface area contributed by atoms with Gasteiger partial charge in [-0.15, -0.1) is 0 Å². The van der Waals surface area contributed by atoms with Gasteiger partial charge in [0, 0.05) is 17.8 Å². The molecule has 2 aromatic carbocycles. The van der Waals surface area contributed by atoms with Crippen molar-refractivity contribution in [3.05, 3.63) is 64.7 Å². The van der Waals surface area contributed by atoms with E-state index in [1.807, 2.05) is 6.07 Å². The summed E-state index contributed by atoms with van der Waals surface area (Å²) in [5, 5.41) is 6.48. The number of carbonyl (C=O) groups is 1. The lowest BCUT2D eigenvalue weighted by atomic mass is 9.92. The Kier molecular flexibility index (Phi) is 2.52. The molecule has 1 atom stereocenters. The molecule has 3 nitrogen and oxygen atoms in total. The first kappa shape index (κ1) is 11.5. The van der Waals surface area contributed by atoms with Crippen LogP contribution in [0.25, 0.3) is 0 Å². The van der Waals surface area contributed by atoms with Crippen molar-refractivity contribution in [2.45, 2.75) is 25.4 Å². The first-order chi connectivity index (χ1) is 9.81. The zero-order valence-corrected chi connectivity index (χ0v) is 11.1. The fourth-order valence-electron chi connectivity index (χ4n) is 3.16. The first-order valence-electron chi connectivity index (χ1n) is 7.07. The van der Waals surface area contributed by atoms with E-state index < -0.39 is 0 Å². The Bertz CT molecular complexity index is 693. The molecule has 2 heterocycles. The van der Waals surface area contributed by atoms with Crippen molar-refractivity contribution < 1.29 is 4.79 Å². The number of benzene rings is 2. The number of fused-ring (bicyclic) bond motifs is 2. The second kappa shape index (κ2) is 4.37. The number of nitrogens with one attached hydrogen (secondary N) is 2. The molecule has 0 bridgehead atoms. The lowest BCUT2D eigenvalue weighted by Gasteiger charge is -2.27. The zero-order chi connectivity index (χ0) is 13.5. The number of aryl methyl sites for hydroxylation is 1. The summed E-state index contributed by atoms with van der Waals surface area (Å²) in [7, 11) is 0. The maximum absolute atomic E-state index is 11.6. The zero-order valence-electron chi connectivity index (χ0n) is 11.1. The molecule has 20 heavy (non-hydrogen) atoms. The van der Waals surface area contributed by atoms with Gasteiger partial charge in [0.1, 0.15) is 0 Å². The normalized spacial score (nSPS) is 19.8.